The quantitative estimate of drug-likeness (QED) is 0.563. The first-order valence-corrected chi connectivity index (χ1v) is 8.07. The molecule has 4 rings (SSSR count). The molecule has 0 bridgehead atoms. The zero-order valence-electron chi connectivity index (χ0n) is 13.7. The van der Waals surface area contributed by atoms with E-state index in [9.17, 15) is 0 Å². The van der Waals surface area contributed by atoms with Crippen molar-refractivity contribution in [1.82, 2.24) is 9.97 Å². The molecule has 0 fully saturated rings. The highest BCUT2D eigenvalue weighted by molar-refractivity contribution is 5.84. The molecule has 0 saturated heterocycles. The number of aromatic nitrogens is 2. The molecule has 1 aromatic heterocycles. The van der Waals surface area contributed by atoms with Crippen molar-refractivity contribution >= 4 is 0 Å². The number of hydrogen-bond donors (Lipinski definition) is 0. The molecule has 114 valence electrons. The summed E-state index contributed by atoms with van der Waals surface area (Å²) >= 11 is 0. The molecule has 2 nitrogen and oxygen atoms in total. The molecule has 0 spiro atoms. The van der Waals surface area contributed by atoms with Crippen molar-refractivity contribution in [1.29, 1.82) is 0 Å². The number of benzene rings is 2. The van der Waals surface area contributed by atoms with Gasteiger partial charge in [0.2, 0.25) is 0 Å². The average molecular weight is 300 g/mol. The van der Waals surface area contributed by atoms with Crippen LogP contribution in [-0.4, -0.2) is 9.97 Å². The summed E-state index contributed by atoms with van der Waals surface area (Å²) in [5.74, 6) is 0.311. The second-order valence-electron chi connectivity index (χ2n) is 7.23. The molecule has 23 heavy (non-hydrogen) atoms. The molecule has 2 aromatic carbocycles. The fraction of sp³-hybridized carbons (Fsp3) is 0.238. The van der Waals surface area contributed by atoms with Crippen LogP contribution in [0.1, 0.15) is 37.8 Å². The normalized spacial score (nSPS) is 13.7. The summed E-state index contributed by atoms with van der Waals surface area (Å²) in [5.41, 5.74) is 7.16. The second-order valence-corrected chi connectivity index (χ2v) is 7.23. The van der Waals surface area contributed by atoms with E-state index in [1.807, 2.05) is 0 Å². The summed E-state index contributed by atoms with van der Waals surface area (Å²) in [6.45, 7) is 6.92. The van der Waals surface area contributed by atoms with Gasteiger partial charge in [-0.15, -0.1) is 0 Å². The highest BCUT2D eigenvalue weighted by Crippen LogP contribution is 2.50. The van der Waals surface area contributed by atoms with Gasteiger partial charge in [0.05, 0.1) is 11.4 Å². The summed E-state index contributed by atoms with van der Waals surface area (Å²) < 4.78 is 0. The highest BCUT2D eigenvalue weighted by Gasteiger charge is 2.35. The van der Waals surface area contributed by atoms with Gasteiger partial charge >= 0.3 is 0 Å². The van der Waals surface area contributed by atoms with Crippen LogP contribution in [0.4, 0.5) is 0 Å². The number of nitrogens with zero attached hydrogens (tertiary/aromatic N) is 2. The topological polar surface area (TPSA) is 25.8 Å². The number of hydrogen-bond acceptors (Lipinski definition) is 2. The van der Waals surface area contributed by atoms with E-state index < -0.39 is 0 Å². The molecule has 1 aliphatic rings. The van der Waals surface area contributed by atoms with Crippen molar-refractivity contribution in [2.24, 2.45) is 5.41 Å². The monoisotopic (exact) mass is 300 g/mol. The van der Waals surface area contributed by atoms with Crippen LogP contribution in [-0.2, 0) is 0 Å². The molecule has 0 atom stereocenters. The Kier molecular flexibility index (Phi) is 3.08. The SMILES string of the molecule is CC(C)(C)C1c2ccccc2-c2nccnc2-c2ccccc21. The van der Waals surface area contributed by atoms with Gasteiger partial charge in [-0.25, -0.2) is 0 Å². The molecule has 2 heteroatoms. The Labute approximate surface area is 137 Å². The molecule has 1 aliphatic carbocycles. The molecule has 0 aliphatic heterocycles. The lowest BCUT2D eigenvalue weighted by Crippen LogP contribution is -2.20. The predicted octanol–water partition coefficient (Wildman–Crippen LogP) is 5.30. The zero-order chi connectivity index (χ0) is 16.0. The van der Waals surface area contributed by atoms with Crippen molar-refractivity contribution in [3.8, 4) is 22.5 Å². The Morgan fingerprint density at radius 1 is 0.696 bits per heavy atom. The van der Waals surface area contributed by atoms with E-state index >= 15 is 0 Å². The first kappa shape index (κ1) is 14.1. The van der Waals surface area contributed by atoms with E-state index in [1.165, 1.54) is 22.3 Å². The maximum atomic E-state index is 4.67. The molecule has 0 unspecified atom stereocenters. The molecule has 1 heterocycles. The van der Waals surface area contributed by atoms with Gasteiger partial charge in [0, 0.05) is 29.4 Å². The van der Waals surface area contributed by atoms with Crippen LogP contribution in [0.5, 0.6) is 0 Å². The van der Waals surface area contributed by atoms with Crippen LogP contribution >= 0.6 is 0 Å². The van der Waals surface area contributed by atoms with E-state index in [0.717, 1.165) is 11.4 Å². The number of fused-ring (bicyclic) bond motifs is 5. The minimum Gasteiger partial charge on any atom is -0.252 e. The largest absolute Gasteiger partial charge is 0.252 e. The van der Waals surface area contributed by atoms with Gasteiger partial charge in [-0.2, -0.15) is 0 Å². The average Bonchev–Trinajstić information content (AvgIpc) is 2.67. The fourth-order valence-corrected chi connectivity index (χ4v) is 3.76. The lowest BCUT2D eigenvalue weighted by Gasteiger charge is -2.32. The highest BCUT2D eigenvalue weighted by atomic mass is 14.8. The van der Waals surface area contributed by atoms with Gasteiger partial charge < -0.3 is 0 Å². The standard InChI is InChI=1S/C21H20N2/c1-21(2,3)18-14-8-4-6-10-16(14)19-20(23-13-12-22-19)17-11-7-5-9-15(17)18/h4-13,18H,1-3H3. The van der Waals surface area contributed by atoms with Crippen LogP contribution in [0.3, 0.4) is 0 Å². The summed E-state index contributed by atoms with van der Waals surface area (Å²) in [6.07, 6.45) is 3.57. The Bertz CT molecular complexity index is 808. The smallest absolute Gasteiger partial charge is 0.0968 e. The first-order valence-electron chi connectivity index (χ1n) is 8.07. The van der Waals surface area contributed by atoms with Crippen molar-refractivity contribution in [2.75, 3.05) is 0 Å². The van der Waals surface area contributed by atoms with Crippen molar-refractivity contribution in [3.05, 3.63) is 72.1 Å². The van der Waals surface area contributed by atoms with Gasteiger partial charge in [-0.05, 0) is 16.5 Å². The van der Waals surface area contributed by atoms with Crippen molar-refractivity contribution in [3.63, 3.8) is 0 Å². The molecule has 3 aromatic rings. The minimum absolute atomic E-state index is 0.105. The molecule has 0 saturated carbocycles. The van der Waals surface area contributed by atoms with E-state index in [2.05, 4.69) is 79.3 Å². The molecular formula is C21H20N2. The van der Waals surface area contributed by atoms with Crippen LogP contribution in [0.15, 0.2) is 60.9 Å². The minimum atomic E-state index is 0.105. The molecule has 0 amide bonds. The lowest BCUT2D eigenvalue weighted by molar-refractivity contribution is 0.360. The van der Waals surface area contributed by atoms with Gasteiger partial charge in [0.25, 0.3) is 0 Å². The third-order valence-electron chi connectivity index (χ3n) is 4.62. The lowest BCUT2D eigenvalue weighted by atomic mass is 9.71. The number of rotatable bonds is 0. The van der Waals surface area contributed by atoms with Gasteiger partial charge in [-0.3, -0.25) is 9.97 Å². The fourth-order valence-electron chi connectivity index (χ4n) is 3.76. The third kappa shape index (κ3) is 2.17. The summed E-state index contributed by atoms with van der Waals surface area (Å²) in [6, 6.07) is 17.3. The summed E-state index contributed by atoms with van der Waals surface area (Å²) in [7, 11) is 0. The Hall–Kier alpha value is -2.48. The summed E-state index contributed by atoms with van der Waals surface area (Å²) in [5, 5.41) is 0. The summed E-state index contributed by atoms with van der Waals surface area (Å²) in [4.78, 5) is 9.35. The Morgan fingerprint density at radius 3 is 1.57 bits per heavy atom. The van der Waals surface area contributed by atoms with E-state index in [4.69, 9.17) is 0 Å². The van der Waals surface area contributed by atoms with Crippen molar-refractivity contribution in [2.45, 2.75) is 26.7 Å². The van der Waals surface area contributed by atoms with Crippen LogP contribution in [0.2, 0.25) is 0 Å². The van der Waals surface area contributed by atoms with Crippen molar-refractivity contribution < 1.29 is 0 Å². The first-order chi connectivity index (χ1) is 11.1. The maximum absolute atomic E-state index is 4.67. The van der Waals surface area contributed by atoms with Gasteiger partial charge in [0.15, 0.2) is 0 Å². The second kappa shape index (κ2) is 5.02. The van der Waals surface area contributed by atoms with E-state index in [-0.39, 0.29) is 5.41 Å². The molecular weight excluding hydrogens is 280 g/mol. The maximum Gasteiger partial charge on any atom is 0.0968 e. The third-order valence-corrected chi connectivity index (χ3v) is 4.62. The van der Waals surface area contributed by atoms with Crippen LogP contribution < -0.4 is 0 Å². The van der Waals surface area contributed by atoms with Crippen LogP contribution in [0.25, 0.3) is 22.5 Å². The van der Waals surface area contributed by atoms with Gasteiger partial charge in [0.1, 0.15) is 0 Å². The molecule has 0 N–H and O–H groups in total. The van der Waals surface area contributed by atoms with E-state index in [1.54, 1.807) is 12.4 Å². The zero-order valence-corrected chi connectivity index (χ0v) is 13.7. The Morgan fingerprint density at radius 2 is 1.13 bits per heavy atom. The predicted molar refractivity (Wildman–Crippen MR) is 94.2 cm³/mol. The van der Waals surface area contributed by atoms with E-state index in [0.29, 0.717) is 5.92 Å². The van der Waals surface area contributed by atoms with Crippen LogP contribution in [0, 0.1) is 5.41 Å². The van der Waals surface area contributed by atoms with Gasteiger partial charge in [-0.1, -0.05) is 69.3 Å². The molecule has 0 radical (unpaired) electrons. The Balaban J connectivity index is 2.17.